The maximum absolute atomic E-state index is 5.68. The maximum atomic E-state index is 5.68. The summed E-state index contributed by atoms with van der Waals surface area (Å²) in [4.78, 5) is 8.73. The molecule has 1 aromatic heterocycles. The number of anilines is 1. The van der Waals surface area contributed by atoms with Gasteiger partial charge in [-0.2, -0.15) is 0 Å². The molecule has 3 N–H and O–H groups in total. The van der Waals surface area contributed by atoms with Crippen LogP contribution in [0.3, 0.4) is 0 Å². The Balaban J connectivity index is 1.99. The molecule has 1 aliphatic rings. The number of nitrogens with two attached hydrogens (primary N) is 1. The third kappa shape index (κ3) is 2.73. The van der Waals surface area contributed by atoms with Crippen LogP contribution in [-0.2, 0) is 6.54 Å². The van der Waals surface area contributed by atoms with Gasteiger partial charge in [-0.25, -0.2) is 9.97 Å². The molecular formula is C15H14N4O2. The van der Waals surface area contributed by atoms with Crippen LogP contribution in [0, 0.1) is 12.3 Å². The Hall–Kier alpha value is -2.78. The van der Waals surface area contributed by atoms with Gasteiger partial charge in [0, 0.05) is 12.1 Å². The van der Waals surface area contributed by atoms with Crippen LogP contribution in [0.25, 0.3) is 11.3 Å². The zero-order valence-corrected chi connectivity index (χ0v) is 11.3. The van der Waals surface area contributed by atoms with Crippen molar-refractivity contribution >= 4 is 5.95 Å². The average Bonchev–Trinajstić information content (AvgIpc) is 3.00. The molecule has 1 aliphatic heterocycles. The van der Waals surface area contributed by atoms with E-state index >= 15 is 0 Å². The normalized spacial score (nSPS) is 12.0. The number of hydrogen-bond acceptors (Lipinski definition) is 6. The molecule has 2 heterocycles. The molecule has 0 saturated carbocycles. The lowest BCUT2D eigenvalue weighted by atomic mass is 10.1. The molecule has 0 aliphatic carbocycles. The first-order chi connectivity index (χ1) is 10.3. The van der Waals surface area contributed by atoms with Crippen LogP contribution in [0.5, 0.6) is 11.5 Å². The molecule has 0 bridgehead atoms. The summed E-state index contributed by atoms with van der Waals surface area (Å²) in [7, 11) is 0. The minimum atomic E-state index is 0.242. The zero-order chi connectivity index (χ0) is 14.7. The van der Waals surface area contributed by atoms with E-state index in [2.05, 4.69) is 21.2 Å². The lowest BCUT2D eigenvalue weighted by Gasteiger charge is -2.08. The fourth-order valence-electron chi connectivity index (χ4n) is 2.01. The number of hydrogen-bond donors (Lipinski definition) is 2. The van der Waals surface area contributed by atoms with Crippen molar-refractivity contribution in [3.05, 3.63) is 30.0 Å². The summed E-state index contributed by atoms with van der Waals surface area (Å²) in [6, 6.07) is 7.51. The molecule has 0 radical (unpaired) electrons. The lowest BCUT2D eigenvalue weighted by Crippen LogP contribution is -2.08. The minimum Gasteiger partial charge on any atom is -0.454 e. The van der Waals surface area contributed by atoms with E-state index in [-0.39, 0.29) is 6.79 Å². The number of nitrogens with zero attached hydrogens (tertiary/aromatic N) is 2. The number of aromatic nitrogens is 2. The largest absolute Gasteiger partial charge is 0.454 e. The van der Waals surface area contributed by atoms with Crippen molar-refractivity contribution in [1.82, 2.24) is 9.97 Å². The summed E-state index contributed by atoms with van der Waals surface area (Å²) in [5.74, 6) is 4.39. The summed E-state index contributed by atoms with van der Waals surface area (Å²) in [5, 5.41) is 2.96. The van der Waals surface area contributed by atoms with Crippen LogP contribution in [0.1, 0.15) is 5.69 Å². The van der Waals surface area contributed by atoms with E-state index in [0.29, 0.717) is 24.8 Å². The first-order valence-corrected chi connectivity index (χ1v) is 6.45. The highest BCUT2D eigenvalue weighted by atomic mass is 16.7. The van der Waals surface area contributed by atoms with Gasteiger partial charge in [-0.1, -0.05) is 5.92 Å². The van der Waals surface area contributed by atoms with Crippen LogP contribution in [0.15, 0.2) is 24.3 Å². The van der Waals surface area contributed by atoms with Crippen molar-refractivity contribution in [1.29, 1.82) is 0 Å². The fourth-order valence-corrected chi connectivity index (χ4v) is 2.01. The van der Waals surface area contributed by atoms with Crippen LogP contribution < -0.4 is 20.5 Å². The predicted octanol–water partition coefficient (Wildman–Crippen LogP) is 1.38. The fraction of sp³-hybridized carbons (Fsp3) is 0.200. The standard InChI is InChI=1S/C15H14N4O2/c1-2-5-17-15-18-11(8-16)7-12(19-15)10-3-4-13-14(6-10)21-9-20-13/h1,3-4,6-7H,5,8-9,16H2,(H,17,18,19). The van der Waals surface area contributed by atoms with Gasteiger partial charge in [0.15, 0.2) is 11.5 Å². The Morgan fingerprint density at radius 3 is 2.90 bits per heavy atom. The summed E-state index contributed by atoms with van der Waals surface area (Å²) in [5.41, 5.74) is 8.07. The highest BCUT2D eigenvalue weighted by Gasteiger charge is 2.15. The predicted molar refractivity (Wildman–Crippen MR) is 78.8 cm³/mol. The molecule has 6 nitrogen and oxygen atoms in total. The topological polar surface area (TPSA) is 82.3 Å². The van der Waals surface area contributed by atoms with E-state index in [0.717, 1.165) is 22.7 Å². The average molecular weight is 282 g/mol. The van der Waals surface area contributed by atoms with Gasteiger partial charge in [-0.15, -0.1) is 6.42 Å². The van der Waals surface area contributed by atoms with Crippen molar-refractivity contribution < 1.29 is 9.47 Å². The monoisotopic (exact) mass is 282 g/mol. The van der Waals surface area contributed by atoms with Crippen molar-refractivity contribution in [2.45, 2.75) is 6.54 Å². The maximum Gasteiger partial charge on any atom is 0.231 e. The minimum absolute atomic E-state index is 0.242. The van der Waals surface area contributed by atoms with Gasteiger partial charge in [-0.05, 0) is 24.3 Å². The van der Waals surface area contributed by atoms with E-state index in [1.54, 1.807) is 0 Å². The quantitative estimate of drug-likeness (QED) is 0.824. The smallest absolute Gasteiger partial charge is 0.231 e. The van der Waals surface area contributed by atoms with E-state index in [1.807, 2.05) is 24.3 Å². The molecule has 106 valence electrons. The van der Waals surface area contributed by atoms with Crippen molar-refractivity contribution in [3.63, 3.8) is 0 Å². The van der Waals surface area contributed by atoms with Crippen molar-refractivity contribution in [3.8, 4) is 35.1 Å². The molecule has 2 aromatic rings. The van der Waals surface area contributed by atoms with E-state index in [1.165, 1.54) is 0 Å². The summed E-state index contributed by atoms with van der Waals surface area (Å²) >= 11 is 0. The second-order valence-electron chi connectivity index (χ2n) is 4.40. The first kappa shape index (κ1) is 13.2. The first-order valence-electron chi connectivity index (χ1n) is 6.45. The molecule has 6 heteroatoms. The highest BCUT2D eigenvalue weighted by Crippen LogP contribution is 2.35. The third-order valence-electron chi connectivity index (χ3n) is 3.01. The van der Waals surface area contributed by atoms with E-state index in [9.17, 15) is 0 Å². The lowest BCUT2D eigenvalue weighted by molar-refractivity contribution is 0.174. The summed E-state index contributed by atoms with van der Waals surface area (Å²) < 4.78 is 10.7. The molecule has 0 saturated heterocycles. The molecule has 3 rings (SSSR count). The third-order valence-corrected chi connectivity index (χ3v) is 3.01. The molecule has 0 spiro atoms. The van der Waals surface area contributed by atoms with Crippen molar-refractivity contribution in [2.75, 3.05) is 18.7 Å². The number of rotatable bonds is 4. The highest BCUT2D eigenvalue weighted by molar-refractivity contribution is 5.65. The Labute approximate surface area is 122 Å². The Morgan fingerprint density at radius 1 is 1.24 bits per heavy atom. The van der Waals surface area contributed by atoms with Crippen LogP contribution >= 0.6 is 0 Å². The molecule has 0 unspecified atom stereocenters. The Bertz CT molecular complexity index is 709. The van der Waals surface area contributed by atoms with Gasteiger partial charge in [0.05, 0.1) is 17.9 Å². The molecule has 0 amide bonds. The molecule has 0 atom stereocenters. The van der Waals surface area contributed by atoms with Gasteiger partial charge in [0.1, 0.15) is 0 Å². The van der Waals surface area contributed by atoms with Gasteiger partial charge in [0.2, 0.25) is 12.7 Å². The SMILES string of the molecule is C#CCNc1nc(CN)cc(-c2ccc3c(c2)OCO3)n1. The number of fused-ring (bicyclic) bond motifs is 1. The van der Waals surface area contributed by atoms with Crippen LogP contribution in [0.2, 0.25) is 0 Å². The second-order valence-corrected chi connectivity index (χ2v) is 4.40. The van der Waals surface area contributed by atoms with Gasteiger partial charge in [-0.3, -0.25) is 0 Å². The summed E-state index contributed by atoms with van der Waals surface area (Å²) in [6.07, 6.45) is 5.23. The van der Waals surface area contributed by atoms with Gasteiger partial charge < -0.3 is 20.5 Å². The number of nitrogens with one attached hydrogen (secondary N) is 1. The number of terminal acetylenes is 1. The zero-order valence-electron chi connectivity index (χ0n) is 11.3. The van der Waals surface area contributed by atoms with E-state index < -0.39 is 0 Å². The van der Waals surface area contributed by atoms with Gasteiger partial charge >= 0.3 is 0 Å². The Morgan fingerprint density at radius 2 is 2.10 bits per heavy atom. The Kier molecular flexibility index (Phi) is 3.58. The van der Waals surface area contributed by atoms with Crippen molar-refractivity contribution in [2.24, 2.45) is 5.73 Å². The number of benzene rings is 1. The molecule has 21 heavy (non-hydrogen) atoms. The molecule has 0 fully saturated rings. The van der Waals surface area contributed by atoms with Crippen LogP contribution in [-0.4, -0.2) is 23.3 Å². The molecule has 1 aromatic carbocycles. The second kappa shape index (κ2) is 5.69. The number of ether oxygens (including phenoxy) is 2. The molecular weight excluding hydrogens is 268 g/mol. The summed E-state index contributed by atoms with van der Waals surface area (Å²) in [6.45, 7) is 0.922. The van der Waals surface area contributed by atoms with Gasteiger partial charge in [0.25, 0.3) is 0 Å². The van der Waals surface area contributed by atoms with Crippen LogP contribution in [0.4, 0.5) is 5.95 Å². The van der Waals surface area contributed by atoms with E-state index in [4.69, 9.17) is 21.6 Å².